The molecule has 0 aliphatic carbocycles. The van der Waals surface area contributed by atoms with Crippen LogP contribution in [0.2, 0.25) is 0 Å². The van der Waals surface area contributed by atoms with Crippen LogP contribution in [0.15, 0.2) is 59.8 Å². The number of H-pyrrole nitrogens is 1. The lowest BCUT2D eigenvalue weighted by atomic mass is 10.1. The molecule has 0 spiro atoms. The Morgan fingerprint density at radius 1 is 1.02 bits per heavy atom. The van der Waals surface area contributed by atoms with Gasteiger partial charge in [0, 0.05) is 68.9 Å². The summed E-state index contributed by atoms with van der Waals surface area (Å²) < 4.78 is 17.5. The van der Waals surface area contributed by atoms with Crippen molar-refractivity contribution in [2.45, 2.75) is 12.5 Å². The third-order valence-electron chi connectivity index (χ3n) is 7.30. The molecule has 0 bridgehead atoms. The van der Waals surface area contributed by atoms with Crippen LogP contribution >= 0.6 is 0 Å². The summed E-state index contributed by atoms with van der Waals surface area (Å²) >= 11 is 0. The van der Waals surface area contributed by atoms with E-state index in [9.17, 15) is 4.79 Å². The van der Waals surface area contributed by atoms with Gasteiger partial charge < -0.3 is 29.3 Å². The number of anilines is 2. The standard InChI is InChI=1S/C29H33N7O4/c1-38-25-15-24-23(14-26(25)40-18-22-17-30-7-12-39-22)27(33-19-32-24)35-8-10-36(11-9-35)29-31-16-21(28(37)34-29)13-20-5-3-2-4-6-20/h2-6,14-16,19,22,30H,7-13,17-18H2,1H3,(H,31,34,37)/t22-/m0/s1. The molecule has 208 valence electrons. The van der Waals surface area contributed by atoms with Crippen molar-refractivity contribution in [1.82, 2.24) is 25.3 Å². The van der Waals surface area contributed by atoms with E-state index in [1.165, 1.54) is 0 Å². The zero-order chi connectivity index (χ0) is 27.3. The Morgan fingerprint density at radius 2 is 1.85 bits per heavy atom. The Hall–Kier alpha value is -4.22. The molecule has 0 radical (unpaired) electrons. The van der Waals surface area contributed by atoms with E-state index in [1.54, 1.807) is 19.6 Å². The van der Waals surface area contributed by atoms with E-state index in [4.69, 9.17) is 14.2 Å². The number of aromatic nitrogens is 4. The molecule has 2 aliphatic rings. The highest BCUT2D eigenvalue weighted by atomic mass is 16.5. The average molecular weight is 544 g/mol. The SMILES string of the molecule is COc1cc2ncnc(N3CCN(c4ncc(Cc5ccccc5)c(=O)[nH]4)CC3)c2cc1OC[C@@H]1CNCCO1. The van der Waals surface area contributed by atoms with Crippen molar-refractivity contribution in [2.24, 2.45) is 0 Å². The maximum absolute atomic E-state index is 12.8. The van der Waals surface area contributed by atoms with Crippen molar-refractivity contribution < 1.29 is 14.2 Å². The van der Waals surface area contributed by atoms with Crippen LogP contribution in [0.5, 0.6) is 11.5 Å². The highest BCUT2D eigenvalue weighted by Crippen LogP contribution is 2.35. The van der Waals surface area contributed by atoms with Crippen LogP contribution in [-0.4, -0.2) is 85.6 Å². The molecule has 2 aliphatic heterocycles. The Kier molecular flexibility index (Phi) is 7.73. The molecule has 11 nitrogen and oxygen atoms in total. The molecule has 1 atom stereocenters. The van der Waals surface area contributed by atoms with Crippen molar-refractivity contribution in [3.63, 3.8) is 0 Å². The largest absolute Gasteiger partial charge is 0.493 e. The minimum Gasteiger partial charge on any atom is -0.493 e. The molecule has 6 rings (SSSR count). The van der Waals surface area contributed by atoms with Crippen LogP contribution in [0.25, 0.3) is 10.9 Å². The summed E-state index contributed by atoms with van der Waals surface area (Å²) in [7, 11) is 1.63. The third kappa shape index (κ3) is 5.70. The van der Waals surface area contributed by atoms with Gasteiger partial charge >= 0.3 is 0 Å². The fourth-order valence-electron chi connectivity index (χ4n) is 5.13. The topological polar surface area (TPSA) is 118 Å². The minimum absolute atomic E-state index is 0.0128. The van der Waals surface area contributed by atoms with Crippen molar-refractivity contribution in [2.75, 3.05) is 69.4 Å². The monoisotopic (exact) mass is 543 g/mol. The molecule has 2 aromatic carbocycles. The number of rotatable bonds is 8. The molecule has 0 saturated carbocycles. The van der Waals surface area contributed by atoms with Crippen LogP contribution in [0.4, 0.5) is 11.8 Å². The maximum atomic E-state index is 12.8. The zero-order valence-electron chi connectivity index (χ0n) is 22.5. The van der Waals surface area contributed by atoms with E-state index in [0.29, 0.717) is 68.8 Å². The predicted octanol–water partition coefficient (Wildman–Crippen LogP) is 2.01. The molecule has 2 saturated heterocycles. The first kappa shape index (κ1) is 26.0. The first-order valence-electron chi connectivity index (χ1n) is 13.6. The molecule has 0 amide bonds. The molecule has 4 heterocycles. The van der Waals surface area contributed by atoms with Crippen molar-refractivity contribution in [3.8, 4) is 11.5 Å². The van der Waals surface area contributed by atoms with E-state index in [1.807, 2.05) is 42.5 Å². The number of hydrogen-bond acceptors (Lipinski definition) is 10. The Labute approximate surface area is 232 Å². The third-order valence-corrected chi connectivity index (χ3v) is 7.30. The van der Waals surface area contributed by atoms with Gasteiger partial charge in [0.1, 0.15) is 24.9 Å². The summed E-state index contributed by atoms with van der Waals surface area (Å²) in [5.41, 5.74) is 2.42. The molecular weight excluding hydrogens is 510 g/mol. The fraction of sp³-hybridized carbons (Fsp3) is 0.379. The highest BCUT2D eigenvalue weighted by molar-refractivity contribution is 5.92. The van der Waals surface area contributed by atoms with E-state index >= 15 is 0 Å². The lowest BCUT2D eigenvalue weighted by Gasteiger charge is -2.36. The van der Waals surface area contributed by atoms with Gasteiger partial charge in [-0.25, -0.2) is 15.0 Å². The van der Waals surface area contributed by atoms with E-state index in [2.05, 4.69) is 35.1 Å². The van der Waals surface area contributed by atoms with Gasteiger partial charge in [0.2, 0.25) is 5.95 Å². The van der Waals surface area contributed by atoms with Gasteiger partial charge in [0.15, 0.2) is 11.5 Å². The fourth-order valence-corrected chi connectivity index (χ4v) is 5.13. The lowest BCUT2D eigenvalue weighted by Crippen LogP contribution is -2.47. The molecule has 2 fully saturated rings. The number of methoxy groups -OCH3 is 1. The molecule has 0 unspecified atom stereocenters. The summed E-state index contributed by atoms with van der Waals surface area (Å²) in [5, 5.41) is 4.22. The molecule has 2 N–H and O–H groups in total. The van der Waals surface area contributed by atoms with E-state index in [0.717, 1.165) is 35.4 Å². The summed E-state index contributed by atoms with van der Waals surface area (Å²) in [5.74, 6) is 2.69. The number of hydrogen-bond donors (Lipinski definition) is 2. The van der Waals surface area contributed by atoms with Gasteiger partial charge in [-0.1, -0.05) is 30.3 Å². The second-order valence-electron chi connectivity index (χ2n) is 9.92. The number of fused-ring (bicyclic) bond motifs is 1. The number of nitrogens with one attached hydrogen (secondary N) is 2. The number of ether oxygens (including phenoxy) is 3. The molecule has 4 aromatic rings. The van der Waals surface area contributed by atoms with Crippen LogP contribution < -0.4 is 30.1 Å². The van der Waals surface area contributed by atoms with Crippen molar-refractivity contribution >= 4 is 22.7 Å². The number of aromatic amines is 1. The summed E-state index contributed by atoms with van der Waals surface area (Å²) in [4.78, 5) is 33.8. The Bertz CT molecular complexity index is 1500. The van der Waals surface area contributed by atoms with E-state index in [-0.39, 0.29) is 11.7 Å². The molecular formula is C29H33N7O4. The molecule has 40 heavy (non-hydrogen) atoms. The second kappa shape index (κ2) is 11.9. The van der Waals surface area contributed by atoms with Gasteiger partial charge in [-0.2, -0.15) is 0 Å². The highest BCUT2D eigenvalue weighted by Gasteiger charge is 2.23. The van der Waals surface area contributed by atoms with Gasteiger partial charge in [0.05, 0.1) is 19.2 Å². The summed E-state index contributed by atoms with van der Waals surface area (Å²) in [6.45, 7) is 5.52. The van der Waals surface area contributed by atoms with Crippen LogP contribution in [-0.2, 0) is 11.2 Å². The smallest absolute Gasteiger partial charge is 0.255 e. The first-order valence-corrected chi connectivity index (χ1v) is 13.6. The number of nitrogens with zero attached hydrogens (tertiary/aromatic N) is 5. The number of benzene rings is 2. The minimum atomic E-state index is -0.103. The summed E-state index contributed by atoms with van der Waals surface area (Å²) in [6, 6.07) is 13.8. The maximum Gasteiger partial charge on any atom is 0.255 e. The lowest BCUT2D eigenvalue weighted by molar-refractivity contribution is -0.000232. The zero-order valence-corrected chi connectivity index (χ0v) is 22.5. The first-order chi connectivity index (χ1) is 19.7. The van der Waals surface area contributed by atoms with Crippen LogP contribution in [0, 0.1) is 0 Å². The molecule has 11 heteroatoms. The van der Waals surface area contributed by atoms with E-state index < -0.39 is 0 Å². The molecule has 2 aromatic heterocycles. The Morgan fingerprint density at radius 3 is 2.60 bits per heavy atom. The quantitative estimate of drug-likeness (QED) is 0.342. The average Bonchev–Trinajstić information content (AvgIpc) is 3.01. The van der Waals surface area contributed by atoms with Crippen LogP contribution in [0.3, 0.4) is 0 Å². The van der Waals surface area contributed by atoms with Gasteiger partial charge in [-0.15, -0.1) is 0 Å². The van der Waals surface area contributed by atoms with Crippen molar-refractivity contribution in [3.05, 3.63) is 76.5 Å². The van der Waals surface area contributed by atoms with Crippen molar-refractivity contribution in [1.29, 1.82) is 0 Å². The van der Waals surface area contributed by atoms with Gasteiger partial charge in [-0.05, 0) is 11.6 Å². The predicted molar refractivity (Wildman–Crippen MR) is 153 cm³/mol. The second-order valence-corrected chi connectivity index (χ2v) is 9.92. The Balaban J connectivity index is 1.16. The van der Waals surface area contributed by atoms with Crippen LogP contribution in [0.1, 0.15) is 11.1 Å². The normalized spacial score (nSPS) is 17.7. The number of morpholine rings is 1. The van der Waals surface area contributed by atoms with Gasteiger partial charge in [0.25, 0.3) is 5.56 Å². The van der Waals surface area contributed by atoms with Gasteiger partial charge in [-0.3, -0.25) is 9.78 Å². The number of piperazine rings is 1. The summed E-state index contributed by atoms with van der Waals surface area (Å²) in [6.07, 6.45) is 3.81.